The SMILES string of the molecule is C[C@H]([C@H](O)c1ccccc1)[C@@H](C)OC(=O)c1ccccc1. The molecule has 2 aromatic carbocycles. The van der Waals surface area contributed by atoms with Gasteiger partial charge in [-0.3, -0.25) is 0 Å². The van der Waals surface area contributed by atoms with Crippen molar-refractivity contribution in [1.29, 1.82) is 0 Å². The van der Waals surface area contributed by atoms with Gasteiger partial charge in [0, 0.05) is 5.92 Å². The maximum absolute atomic E-state index is 12.0. The maximum Gasteiger partial charge on any atom is 0.338 e. The molecule has 110 valence electrons. The van der Waals surface area contributed by atoms with Gasteiger partial charge in [0.25, 0.3) is 0 Å². The maximum atomic E-state index is 12.0. The summed E-state index contributed by atoms with van der Waals surface area (Å²) in [7, 11) is 0. The number of benzene rings is 2. The van der Waals surface area contributed by atoms with Crippen LogP contribution in [0.2, 0.25) is 0 Å². The Morgan fingerprint density at radius 3 is 2.05 bits per heavy atom. The lowest BCUT2D eigenvalue weighted by molar-refractivity contribution is -0.00706. The van der Waals surface area contributed by atoms with Gasteiger partial charge in [-0.1, -0.05) is 55.5 Å². The minimum absolute atomic E-state index is 0.194. The van der Waals surface area contributed by atoms with Crippen LogP contribution in [-0.2, 0) is 4.74 Å². The van der Waals surface area contributed by atoms with Crippen LogP contribution in [-0.4, -0.2) is 17.2 Å². The van der Waals surface area contributed by atoms with E-state index in [2.05, 4.69) is 0 Å². The molecule has 0 aliphatic heterocycles. The zero-order valence-corrected chi connectivity index (χ0v) is 12.3. The van der Waals surface area contributed by atoms with Crippen LogP contribution < -0.4 is 0 Å². The fraction of sp³-hybridized carbons (Fsp3) is 0.278. The largest absolute Gasteiger partial charge is 0.459 e. The van der Waals surface area contributed by atoms with Crippen molar-refractivity contribution in [2.24, 2.45) is 5.92 Å². The van der Waals surface area contributed by atoms with Crippen molar-refractivity contribution in [3.63, 3.8) is 0 Å². The van der Waals surface area contributed by atoms with Crippen LogP contribution in [0.3, 0.4) is 0 Å². The summed E-state index contributed by atoms with van der Waals surface area (Å²) in [5.74, 6) is -0.560. The predicted octanol–water partition coefficient (Wildman–Crippen LogP) is 3.60. The smallest absolute Gasteiger partial charge is 0.338 e. The van der Waals surface area contributed by atoms with Crippen LogP contribution >= 0.6 is 0 Å². The summed E-state index contributed by atoms with van der Waals surface area (Å²) in [5, 5.41) is 10.4. The van der Waals surface area contributed by atoms with Gasteiger partial charge in [0.1, 0.15) is 6.10 Å². The normalized spacial score (nSPS) is 15.0. The van der Waals surface area contributed by atoms with Crippen molar-refractivity contribution in [1.82, 2.24) is 0 Å². The van der Waals surface area contributed by atoms with Gasteiger partial charge in [-0.05, 0) is 24.6 Å². The summed E-state index contributed by atoms with van der Waals surface area (Å²) in [6, 6.07) is 18.3. The van der Waals surface area contributed by atoms with E-state index in [1.54, 1.807) is 31.2 Å². The third kappa shape index (κ3) is 3.92. The van der Waals surface area contributed by atoms with Crippen molar-refractivity contribution < 1.29 is 14.6 Å². The molecule has 0 amide bonds. The summed E-state index contributed by atoms with van der Waals surface area (Å²) in [4.78, 5) is 12.0. The number of rotatable bonds is 5. The van der Waals surface area contributed by atoms with Gasteiger partial charge in [0.2, 0.25) is 0 Å². The Labute approximate surface area is 125 Å². The van der Waals surface area contributed by atoms with E-state index in [0.717, 1.165) is 5.56 Å². The highest BCUT2D eigenvalue weighted by molar-refractivity contribution is 5.89. The molecular formula is C18H20O3. The van der Waals surface area contributed by atoms with E-state index in [1.807, 2.05) is 43.3 Å². The van der Waals surface area contributed by atoms with E-state index in [0.29, 0.717) is 5.56 Å². The van der Waals surface area contributed by atoms with Gasteiger partial charge in [-0.25, -0.2) is 4.79 Å². The summed E-state index contributed by atoms with van der Waals surface area (Å²) >= 11 is 0. The van der Waals surface area contributed by atoms with Crippen molar-refractivity contribution >= 4 is 5.97 Å². The lowest BCUT2D eigenvalue weighted by Gasteiger charge is -2.25. The molecule has 0 heterocycles. The molecule has 1 N–H and O–H groups in total. The van der Waals surface area contributed by atoms with Crippen LogP contribution in [0.25, 0.3) is 0 Å². The highest BCUT2D eigenvalue weighted by Crippen LogP contribution is 2.26. The van der Waals surface area contributed by atoms with Crippen LogP contribution in [0.4, 0.5) is 0 Å². The second kappa shape index (κ2) is 7.04. The Hall–Kier alpha value is -2.13. The molecule has 2 rings (SSSR count). The number of hydrogen-bond acceptors (Lipinski definition) is 3. The molecule has 3 atom stereocenters. The molecule has 0 aliphatic carbocycles. The molecular weight excluding hydrogens is 264 g/mol. The Bertz CT molecular complexity index is 566. The Morgan fingerprint density at radius 1 is 0.952 bits per heavy atom. The number of carbonyl (C=O) groups is 1. The molecule has 3 heteroatoms. The van der Waals surface area contributed by atoms with Crippen molar-refractivity contribution in [3.05, 3.63) is 71.8 Å². The number of esters is 1. The minimum atomic E-state index is -0.662. The van der Waals surface area contributed by atoms with E-state index < -0.39 is 6.10 Å². The Morgan fingerprint density at radius 2 is 1.48 bits per heavy atom. The van der Waals surface area contributed by atoms with Gasteiger partial charge < -0.3 is 9.84 Å². The van der Waals surface area contributed by atoms with Crippen LogP contribution in [0.5, 0.6) is 0 Å². The molecule has 0 unspecified atom stereocenters. The number of carbonyl (C=O) groups excluding carboxylic acids is 1. The van der Waals surface area contributed by atoms with E-state index in [1.165, 1.54) is 0 Å². The number of ether oxygens (including phenoxy) is 1. The van der Waals surface area contributed by atoms with Crippen LogP contribution in [0.15, 0.2) is 60.7 Å². The Kier molecular flexibility index (Phi) is 5.12. The van der Waals surface area contributed by atoms with Crippen molar-refractivity contribution in [3.8, 4) is 0 Å². The minimum Gasteiger partial charge on any atom is -0.459 e. The molecule has 0 aliphatic rings. The van der Waals surface area contributed by atoms with Gasteiger partial charge in [0.15, 0.2) is 0 Å². The lowest BCUT2D eigenvalue weighted by Crippen LogP contribution is -2.27. The van der Waals surface area contributed by atoms with E-state index >= 15 is 0 Å². The first kappa shape index (κ1) is 15.3. The molecule has 0 saturated carbocycles. The molecule has 0 spiro atoms. The zero-order valence-electron chi connectivity index (χ0n) is 12.3. The van der Waals surface area contributed by atoms with Crippen molar-refractivity contribution in [2.75, 3.05) is 0 Å². The molecule has 0 aromatic heterocycles. The monoisotopic (exact) mass is 284 g/mol. The van der Waals surface area contributed by atoms with Gasteiger partial charge in [-0.2, -0.15) is 0 Å². The van der Waals surface area contributed by atoms with E-state index in [4.69, 9.17) is 4.74 Å². The molecule has 21 heavy (non-hydrogen) atoms. The first-order valence-corrected chi connectivity index (χ1v) is 7.08. The summed E-state index contributed by atoms with van der Waals surface area (Å²) in [6.07, 6.45) is -1.04. The van der Waals surface area contributed by atoms with Gasteiger partial charge in [-0.15, -0.1) is 0 Å². The quantitative estimate of drug-likeness (QED) is 0.853. The third-order valence-corrected chi connectivity index (χ3v) is 3.68. The molecule has 3 nitrogen and oxygen atoms in total. The first-order chi connectivity index (χ1) is 10.1. The van der Waals surface area contributed by atoms with Crippen LogP contribution in [0, 0.1) is 5.92 Å². The highest BCUT2D eigenvalue weighted by atomic mass is 16.5. The predicted molar refractivity (Wildman–Crippen MR) is 81.9 cm³/mol. The van der Waals surface area contributed by atoms with E-state index in [-0.39, 0.29) is 18.0 Å². The van der Waals surface area contributed by atoms with Gasteiger partial charge >= 0.3 is 5.97 Å². The average Bonchev–Trinajstić information content (AvgIpc) is 2.55. The molecule has 2 aromatic rings. The fourth-order valence-corrected chi connectivity index (χ4v) is 2.13. The number of aliphatic hydroxyl groups excluding tert-OH is 1. The molecule has 0 saturated heterocycles. The fourth-order valence-electron chi connectivity index (χ4n) is 2.13. The van der Waals surface area contributed by atoms with Crippen LogP contribution in [0.1, 0.15) is 35.9 Å². The summed E-state index contributed by atoms with van der Waals surface area (Å²) < 4.78 is 5.44. The highest BCUT2D eigenvalue weighted by Gasteiger charge is 2.25. The number of hydrogen-bond donors (Lipinski definition) is 1. The average molecular weight is 284 g/mol. The number of aliphatic hydroxyl groups is 1. The Balaban J connectivity index is 2.00. The van der Waals surface area contributed by atoms with E-state index in [9.17, 15) is 9.90 Å². The summed E-state index contributed by atoms with van der Waals surface area (Å²) in [6.45, 7) is 3.68. The molecule has 0 radical (unpaired) electrons. The second-order valence-electron chi connectivity index (χ2n) is 5.19. The lowest BCUT2D eigenvalue weighted by atomic mass is 9.93. The standard InChI is InChI=1S/C18H20O3/c1-13(17(19)15-9-5-3-6-10-15)14(2)21-18(20)16-11-7-4-8-12-16/h3-14,17,19H,1-2H3/t13-,14+,17-/m0/s1. The van der Waals surface area contributed by atoms with Crippen molar-refractivity contribution in [2.45, 2.75) is 26.1 Å². The first-order valence-electron chi connectivity index (χ1n) is 7.08. The topological polar surface area (TPSA) is 46.5 Å². The summed E-state index contributed by atoms with van der Waals surface area (Å²) in [5.41, 5.74) is 1.35. The third-order valence-electron chi connectivity index (χ3n) is 3.68. The zero-order chi connectivity index (χ0) is 15.2. The second-order valence-corrected chi connectivity index (χ2v) is 5.19. The van der Waals surface area contributed by atoms with Gasteiger partial charge in [0.05, 0.1) is 11.7 Å². The molecule has 0 fully saturated rings. The molecule has 0 bridgehead atoms.